The van der Waals surface area contributed by atoms with Crippen molar-refractivity contribution in [2.75, 3.05) is 46.0 Å². The fraction of sp³-hybridized carbons (Fsp3) is 0.682. The van der Waals surface area contributed by atoms with E-state index in [4.69, 9.17) is 14.2 Å². The van der Waals surface area contributed by atoms with Gasteiger partial charge in [-0.2, -0.15) is 0 Å². The van der Waals surface area contributed by atoms with Gasteiger partial charge in [0.15, 0.2) is 17.6 Å². The molecule has 3 rings (SSSR count). The number of halogens is 2. The fourth-order valence-electron chi connectivity index (χ4n) is 3.72. The SMILES string of the molecule is CCNC(=NCCOc1ccc(F)c(F)c1)N1CCC(OCC2CCCCO2)CC1. The quantitative estimate of drug-likeness (QED) is 0.393. The number of nitrogens with zero attached hydrogens (tertiary/aromatic N) is 2. The van der Waals surface area contributed by atoms with Gasteiger partial charge in [-0.05, 0) is 51.2 Å². The van der Waals surface area contributed by atoms with Gasteiger partial charge in [0, 0.05) is 32.3 Å². The predicted molar refractivity (Wildman–Crippen MR) is 112 cm³/mol. The molecule has 168 valence electrons. The van der Waals surface area contributed by atoms with Gasteiger partial charge >= 0.3 is 0 Å². The smallest absolute Gasteiger partial charge is 0.194 e. The lowest BCUT2D eigenvalue weighted by Gasteiger charge is -2.35. The van der Waals surface area contributed by atoms with E-state index < -0.39 is 11.6 Å². The highest BCUT2D eigenvalue weighted by molar-refractivity contribution is 5.80. The van der Waals surface area contributed by atoms with Crippen molar-refractivity contribution in [3.63, 3.8) is 0 Å². The second-order valence-electron chi connectivity index (χ2n) is 7.67. The summed E-state index contributed by atoms with van der Waals surface area (Å²) in [5.41, 5.74) is 0. The lowest BCUT2D eigenvalue weighted by molar-refractivity contribution is -0.0721. The topological polar surface area (TPSA) is 55.3 Å². The highest BCUT2D eigenvalue weighted by Gasteiger charge is 2.23. The van der Waals surface area contributed by atoms with E-state index in [0.29, 0.717) is 25.5 Å². The van der Waals surface area contributed by atoms with E-state index in [1.165, 1.54) is 12.5 Å². The molecule has 0 bridgehead atoms. The summed E-state index contributed by atoms with van der Waals surface area (Å²) in [5, 5.41) is 3.32. The van der Waals surface area contributed by atoms with Gasteiger partial charge in [-0.3, -0.25) is 0 Å². The Balaban J connectivity index is 1.40. The van der Waals surface area contributed by atoms with Crippen molar-refractivity contribution < 1.29 is 23.0 Å². The van der Waals surface area contributed by atoms with Crippen LogP contribution in [0.5, 0.6) is 5.75 Å². The molecule has 2 aliphatic rings. The largest absolute Gasteiger partial charge is 0.492 e. The Bertz CT molecular complexity index is 676. The summed E-state index contributed by atoms with van der Waals surface area (Å²) in [5.74, 6) is -0.646. The molecule has 1 aromatic rings. The molecule has 0 amide bonds. The first kappa shape index (κ1) is 22.7. The highest BCUT2D eigenvalue weighted by Crippen LogP contribution is 2.18. The summed E-state index contributed by atoms with van der Waals surface area (Å²) in [7, 11) is 0. The summed E-state index contributed by atoms with van der Waals surface area (Å²) in [4.78, 5) is 6.85. The van der Waals surface area contributed by atoms with Gasteiger partial charge in [-0.1, -0.05) is 0 Å². The zero-order valence-corrected chi connectivity index (χ0v) is 17.7. The number of hydrogen-bond acceptors (Lipinski definition) is 4. The lowest BCUT2D eigenvalue weighted by atomic mass is 10.1. The summed E-state index contributed by atoms with van der Waals surface area (Å²) < 4.78 is 43.5. The molecule has 1 N–H and O–H groups in total. The van der Waals surface area contributed by atoms with E-state index >= 15 is 0 Å². The number of hydrogen-bond donors (Lipinski definition) is 1. The molecule has 0 spiro atoms. The van der Waals surface area contributed by atoms with Crippen molar-refractivity contribution in [3.05, 3.63) is 29.8 Å². The van der Waals surface area contributed by atoms with E-state index in [9.17, 15) is 8.78 Å². The van der Waals surface area contributed by atoms with Gasteiger partial charge in [-0.25, -0.2) is 13.8 Å². The van der Waals surface area contributed by atoms with Gasteiger partial charge in [0.25, 0.3) is 0 Å². The third-order valence-electron chi connectivity index (χ3n) is 5.38. The molecule has 2 fully saturated rings. The van der Waals surface area contributed by atoms with Crippen LogP contribution in [0, 0.1) is 11.6 Å². The maximum Gasteiger partial charge on any atom is 0.194 e. The Morgan fingerprint density at radius 3 is 2.73 bits per heavy atom. The number of likely N-dealkylation sites (tertiary alicyclic amines) is 1. The van der Waals surface area contributed by atoms with Gasteiger partial charge in [0.1, 0.15) is 12.4 Å². The minimum Gasteiger partial charge on any atom is -0.492 e. The molecule has 2 aliphatic heterocycles. The average Bonchev–Trinajstić information content (AvgIpc) is 2.78. The van der Waals surface area contributed by atoms with Crippen molar-refractivity contribution in [1.82, 2.24) is 10.2 Å². The van der Waals surface area contributed by atoms with Crippen molar-refractivity contribution in [3.8, 4) is 5.75 Å². The lowest BCUT2D eigenvalue weighted by Crippen LogP contribution is -2.47. The van der Waals surface area contributed by atoms with E-state index in [1.54, 1.807) is 0 Å². The molecule has 0 aromatic heterocycles. The van der Waals surface area contributed by atoms with Crippen molar-refractivity contribution in [2.45, 2.75) is 51.2 Å². The molecular formula is C22H33F2N3O3. The second-order valence-corrected chi connectivity index (χ2v) is 7.67. The number of aliphatic imine (C=N–C) groups is 1. The minimum atomic E-state index is -0.913. The van der Waals surface area contributed by atoms with Crippen LogP contribution in [0.1, 0.15) is 39.0 Å². The molecule has 1 atom stereocenters. The molecule has 0 aliphatic carbocycles. The van der Waals surface area contributed by atoms with Crippen LogP contribution in [-0.2, 0) is 9.47 Å². The summed E-state index contributed by atoms with van der Waals surface area (Å²) in [6, 6.07) is 3.52. The third-order valence-corrected chi connectivity index (χ3v) is 5.38. The van der Waals surface area contributed by atoms with Crippen molar-refractivity contribution >= 4 is 5.96 Å². The van der Waals surface area contributed by atoms with Gasteiger partial charge in [-0.15, -0.1) is 0 Å². The maximum atomic E-state index is 13.2. The first-order valence-electron chi connectivity index (χ1n) is 11.0. The van der Waals surface area contributed by atoms with Crippen LogP contribution >= 0.6 is 0 Å². The van der Waals surface area contributed by atoms with Gasteiger partial charge in [0.2, 0.25) is 0 Å². The Morgan fingerprint density at radius 2 is 2.03 bits per heavy atom. The number of rotatable bonds is 8. The maximum absolute atomic E-state index is 13.2. The number of piperidine rings is 1. The van der Waals surface area contributed by atoms with Crippen LogP contribution in [0.25, 0.3) is 0 Å². The third kappa shape index (κ3) is 7.09. The molecule has 2 saturated heterocycles. The zero-order chi connectivity index (χ0) is 21.2. The molecule has 8 heteroatoms. The summed E-state index contributed by atoms with van der Waals surface area (Å²) >= 11 is 0. The van der Waals surface area contributed by atoms with Crippen molar-refractivity contribution in [1.29, 1.82) is 0 Å². The van der Waals surface area contributed by atoms with E-state index in [0.717, 1.165) is 70.0 Å². The minimum absolute atomic E-state index is 0.255. The van der Waals surface area contributed by atoms with Crippen molar-refractivity contribution in [2.24, 2.45) is 4.99 Å². The van der Waals surface area contributed by atoms with Crippen LogP contribution in [0.15, 0.2) is 23.2 Å². The molecular weight excluding hydrogens is 392 g/mol. The van der Waals surface area contributed by atoms with E-state index in [2.05, 4.69) is 15.2 Å². The fourth-order valence-corrected chi connectivity index (χ4v) is 3.72. The first-order chi connectivity index (χ1) is 14.7. The Morgan fingerprint density at radius 1 is 1.20 bits per heavy atom. The van der Waals surface area contributed by atoms with E-state index in [1.807, 2.05) is 6.92 Å². The molecule has 1 aromatic carbocycles. The number of guanidine groups is 1. The molecule has 6 nitrogen and oxygen atoms in total. The number of ether oxygens (including phenoxy) is 3. The predicted octanol–water partition coefficient (Wildman–Crippen LogP) is 3.36. The normalized spacial score (nSPS) is 21.0. The Labute approximate surface area is 177 Å². The Kier molecular flexibility index (Phi) is 9.14. The van der Waals surface area contributed by atoms with Crippen LogP contribution in [-0.4, -0.2) is 69.1 Å². The van der Waals surface area contributed by atoms with Crippen LogP contribution in [0.4, 0.5) is 8.78 Å². The highest BCUT2D eigenvalue weighted by atomic mass is 19.2. The molecule has 2 heterocycles. The summed E-state index contributed by atoms with van der Waals surface area (Å²) in [6.45, 7) is 6.84. The standard InChI is InChI=1S/C22H33F2N3O3/c1-2-25-22(26-10-14-29-18-6-7-20(23)21(24)15-18)27-11-8-17(9-12-27)30-16-19-5-3-4-13-28-19/h6-7,15,17,19H,2-5,8-14,16H2,1H3,(H,25,26). The Hall–Kier alpha value is -1.93. The zero-order valence-electron chi connectivity index (χ0n) is 17.7. The van der Waals surface area contributed by atoms with Crippen LogP contribution < -0.4 is 10.1 Å². The second kappa shape index (κ2) is 12.1. The van der Waals surface area contributed by atoms with Gasteiger partial charge in [0.05, 0.1) is 25.4 Å². The number of benzene rings is 1. The van der Waals surface area contributed by atoms with E-state index in [-0.39, 0.29) is 12.2 Å². The summed E-state index contributed by atoms with van der Waals surface area (Å²) in [6.07, 6.45) is 5.94. The molecule has 0 saturated carbocycles. The van der Waals surface area contributed by atoms with Crippen LogP contribution in [0.2, 0.25) is 0 Å². The van der Waals surface area contributed by atoms with Crippen LogP contribution in [0.3, 0.4) is 0 Å². The molecule has 1 unspecified atom stereocenters. The molecule has 30 heavy (non-hydrogen) atoms. The average molecular weight is 426 g/mol. The monoisotopic (exact) mass is 425 g/mol. The first-order valence-corrected chi connectivity index (χ1v) is 11.0. The van der Waals surface area contributed by atoms with Gasteiger partial charge < -0.3 is 24.4 Å². The number of nitrogens with one attached hydrogen (secondary N) is 1. The molecule has 0 radical (unpaired) electrons.